The molecule has 0 radical (unpaired) electrons. The zero-order valence-electron chi connectivity index (χ0n) is 15.8. The molecule has 0 bridgehead atoms. The summed E-state index contributed by atoms with van der Waals surface area (Å²) in [4.78, 5) is 38.0. The van der Waals surface area contributed by atoms with Crippen molar-refractivity contribution in [3.63, 3.8) is 0 Å². The molecule has 30 heavy (non-hydrogen) atoms. The molecule has 0 atom stereocenters. The Morgan fingerprint density at radius 2 is 1.70 bits per heavy atom. The van der Waals surface area contributed by atoms with Crippen LogP contribution >= 0.6 is 23.1 Å². The van der Waals surface area contributed by atoms with Gasteiger partial charge in [-0.3, -0.25) is 14.4 Å². The number of hydrogen-bond acceptors (Lipinski definition) is 5. The van der Waals surface area contributed by atoms with Crippen molar-refractivity contribution in [1.82, 2.24) is 5.32 Å². The molecule has 152 valence electrons. The fourth-order valence-electron chi connectivity index (χ4n) is 2.45. The van der Waals surface area contributed by atoms with Crippen LogP contribution in [0.5, 0.6) is 0 Å². The number of anilines is 1. The Kier molecular flexibility index (Phi) is 7.42. The second-order valence-corrected chi connectivity index (χ2v) is 8.16. The topological polar surface area (TPSA) is 101 Å². The third kappa shape index (κ3) is 6.33. The Balaban J connectivity index is 1.74. The number of carbonyl (C=O) groups is 3. The number of amides is 3. The van der Waals surface area contributed by atoms with E-state index in [0.29, 0.717) is 11.3 Å². The molecule has 6 nitrogen and oxygen atoms in total. The average molecular weight is 438 g/mol. The number of primary amides is 1. The van der Waals surface area contributed by atoms with Crippen molar-refractivity contribution in [2.24, 2.45) is 5.73 Å². The zero-order valence-corrected chi connectivity index (χ0v) is 17.5. The fraction of sp³-hybridized carbons (Fsp3) is 0.0455. The van der Waals surface area contributed by atoms with Crippen molar-refractivity contribution >= 4 is 52.6 Å². The molecule has 0 aliphatic heterocycles. The third-order valence-electron chi connectivity index (χ3n) is 3.85. The minimum Gasteiger partial charge on any atom is -0.369 e. The molecule has 4 N–H and O–H groups in total. The first-order chi connectivity index (χ1) is 14.5. The number of thiophene rings is 1. The van der Waals surface area contributed by atoms with Gasteiger partial charge in [-0.05, 0) is 53.9 Å². The van der Waals surface area contributed by atoms with Crippen molar-refractivity contribution in [2.75, 3.05) is 11.1 Å². The number of thioether (sulfide) groups is 1. The van der Waals surface area contributed by atoms with E-state index in [1.54, 1.807) is 54.6 Å². The molecule has 8 heteroatoms. The predicted molar refractivity (Wildman–Crippen MR) is 121 cm³/mol. The second kappa shape index (κ2) is 10.4. The molecule has 1 heterocycles. The average Bonchev–Trinajstić information content (AvgIpc) is 3.26. The van der Waals surface area contributed by atoms with Crippen molar-refractivity contribution in [2.45, 2.75) is 4.90 Å². The Hall–Kier alpha value is -3.36. The van der Waals surface area contributed by atoms with E-state index in [1.807, 2.05) is 23.6 Å². The number of nitrogens with two attached hydrogens (primary N) is 1. The Morgan fingerprint density at radius 3 is 2.33 bits per heavy atom. The summed E-state index contributed by atoms with van der Waals surface area (Å²) in [7, 11) is 0. The van der Waals surface area contributed by atoms with Gasteiger partial charge in [0.05, 0.1) is 5.75 Å². The standard InChI is InChI=1S/C22H19N3O3S2/c23-20(26)14-30-17-10-8-16(9-11-17)24-22(28)19(13-18-7-4-12-29-18)25-21(27)15-5-2-1-3-6-15/h1-13H,14H2,(H2,23,26)(H,24,28)(H,25,27)/b19-13-. The molecule has 3 amide bonds. The first-order valence-corrected chi connectivity index (χ1v) is 10.8. The minimum atomic E-state index is -0.440. The molecule has 0 unspecified atom stereocenters. The lowest BCUT2D eigenvalue weighted by Crippen LogP contribution is -2.30. The van der Waals surface area contributed by atoms with Crippen LogP contribution in [-0.2, 0) is 9.59 Å². The highest BCUT2D eigenvalue weighted by molar-refractivity contribution is 8.00. The molecule has 3 aromatic rings. The molecule has 0 saturated carbocycles. The van der Waals surface area contributed by atoms with Crippen molar-refractivity contribution < 1.29 is 14.4 Å². The fourth-order valence-corrected chi connectivity index (χ4v) is 3.74. The van der Waals surface area contributed by atoms with Gasteiger partial charge in [0.25, 0.3) is 11.8 Å². The minimum absolute atomic E-state index is 0.137. The van der Waals surface area contributed by atoms with Crippen molar-refractivity contribution in [3.8, 4) is 0 Å². The van der Waals surface area contributed by atoms with E-state index in [0.717, 1.165) is 9.77 Å². The number of benzene rings is 2. The maximum absolute atomic E-state index is 12.8. The van der Waals surface area contributed by atoms with E-state index in [4.69, 9.17) is 5.73 Å². The van der Waals surface area contributed by atoms with Crippen LogP contribution in [0.4, 0.5) is 5.69 Å². The summed E-state index contributed by atoms with van der Waals surface area (Å²) in [5, 5.41) is 7.37. The first-order valence-electron chi connectivity index (χ1n) is 8.95. The van der Waals surface area contributed by atoms with E-state index in [-0.39, 0.29) is 17.4 Å². The van der Waals surface area contributed by atoms with Crippen molar-refractivity contribution in [3.05, 3.63) is 88.2 Å². The molecule has 0 fully saturated rings. The van der Waals surface area contributed by atoms with Gasteiger partial charge in [0.1, 0.15) is 5.70 Å². The highest BCUT2D eigenvalue weighted by atomic mass is 32.2. The molecule has 0 aliphatic rings. The summed E-state index contributed by atoms with van der Waals surface area (Å²) in [6.07, 6.45) is 1.64. The van der Waals surface area contributed by atoms with E-state index in [1.165, 1.54) is 23.1 Å². The van der Waals surface area contributed by atoms with E-state index < -0.39 is 11.8 Å². The van der Waals surface area contributed by atoms with Crippen LogP contribution in [0.3, 0.4) is 0 Å². The van der Waals surface area contributed by atoms with Gasteiger partial charge >= 0.3 is 0 Å². The van der Waals surface area contributed by atoms with Crippen LogP contribution in [0.15, 0.2) is 82.7 Å². The van der Waals surface area contributed by atoms with E-state index in [2.05, 4.69) is 10.6 Å². The number of nitrogens with one attached hydrogen (secondary N) is 2. The van der Waals surface area contributed by atoms with Gasteiger partial charge in [0.15, 0.2) is 0 Å². The number of hydrogen-bond donors (Lipinski definition) is 3. The summed E-state index contributed by atoms with van der Waals surface area (Å²) in [6, 6.07) is 19.4. The smallest absolute Gasteiger partial charge is 0.272 e. The quantitative estimate of drug-likeness (QED) is 0.369. The lowest BCUT2D eigenvalue weighted by atomic mass is 10.2. The van der Waals surface area contributed by atoms with Crippen LogP contribution in [-0.4, -0.2) is 23.5 Å². The highest BCUT2D eigenvalue weighted by Gasteiger charge is 2.15. The van der Waals surface area contributed by atoms with Crippen LogP contribution in [0.2, 0.25) is 0 Å². The maximum Gasteiger partial charge on any atom is 0.272 e. The van der Waals surface area contributed by atoms with Gasteiger partial charge in [0.2, 0.25) is 5.91 Å². The summed E-state index contributed by atoms with van der Waals surface area (Å²) < 4.78 is 0. The molecule has 2 aromatic carbocycles. The van der Waals surface area contributed by atoms with Crippen molar-refractivity contribution in [1.29, 1.82) is 0 Å². The lowest BCUT2D eigenvalue weighted by Gasteiger charge is -2.11. The summed E-state index contributed by atoms with van der Waals surface area (Å²) in [5.41, 5.74) is 6.31. The maximum atomic E-state index is 12.8. The largest absolute Gasteiger partial charge is 0.369 e. The van der Waals surface area contributed by atoms with Crippen LogP contribution < -0.4 is 16.4 Å². The van der Waals surface area contributed by atoms with Crippen LogP contribution in [0.25, 0.3) is 6.08 Å². The summed E-state index contributed by atoms with van der Waals surface area (Å²) in [6.45, 7) is 0. The van der Waals surface area contributed by atoms with Crippen LogP contribution in [0, 0.1) is 0 Å². The van der Waals surface area contributed by atoms with Gasteiger partial charge in [-0.2, -0.15) is 0 Å². The lowest BCUT2D eigenvalue weighted by molar-refractivity contribution is -0.115. The molecule has 0 aliphatic carbocycles. The molecule has 0 spiro atoms. The normalized spacial score (nSPS) is 11.0. The summed E-state index contributed by atoms with van der Waals surface area (Å²) >= 11 is 2.78. The molecule has 1 aromatic heterocycles. The predicted octanol–water partition coefficient (Wildman–Crippen LogP) is 3.74. The Morgan fingerprint density at radius 1 is 0.967 bits per heavy atom. The molecular weight excluding hydrogens is 418 g/mol. The van der Waals surface area contributed by atoms with Gasteiger partial charge < -0.3 is 16.4 Å². The number of carbonyl (C=O) groups excluding carboxylic acids is 3. The molecule has 0 saturated heterocycles. The number of rotatable bonds is 8. The van der Waals surface area contributed by atoms with E-state index in [9.17, 15) is 14.4 Å². The molecule has 3 rings (SSSR count). The van der Waals surface area contributed by atoms with Gasteiger partial charge in [-0.15, -0.1) is 23.1 Å². The summed E-state index contributed by atoms with van der Waals surface area (Å²) in [5.74, 6) is -1.02. The highest BCUT2D eigenvalue weighted by Crippen LogP contribution is 2.20. The Bertz CT molecular complexity index is 1050. The SMILES string of the molecule is NC(=O)CSc1ccc(NC(=O)/C(=C/c2cccs2)NC(=O)c2ccccc2)cc1. The first kappa shape index (κ1) is 21.4. The third-order valence-corrected chi connectivity index (χ3v) is 5.71. The van der Waals surface area contributed by atoms with E-state index >= 15 is 0 Å². The van der Waals surface area contributed by atoms with Crippen LogP contribution in [0.1, 0.15) is 15.2 Å². The Labute approximate surface area is 182 Å². The van der Waals surface area contributed by atoms with Gasteiger partial charge in [-0.25, -0.2) is 0 Å². The second-order valence-electron chi connectivity index (χ2n) is 6.13. The van der Waals surface area contributed by atoms with Gasteiger partial charge in [0, 0.05) is 21.0 Å². The monoisotopic (exact) mass is 437 g/mol. The van der Waals surface area contributed by atoms with Gasteiger partial charge in [-0.1, -0.05) is 24.3 Å². The zero-order chi connectivity index (χ0) is 21.3. The molecular formula is C22H19N3O3S2.